The van der Waals surface area contributed by atoms with Gasteiger partial charge in [0.15, 0.2) is 0 Å². The molecule has 0 heterocycles. The Bertz CT molecular complexity index is 552. The van der Waals surface area contributed by atoms with Crippen molar-refractivity contribution in [1.82, 2.24) is 0 Å². The fraction of sp³-hybridized carbons (Fsp3) is 0.500. The molecule has 0 fully saturated rings. The van der Waals surface area contributed by atoms with E-state index in [0.29, 0.717) is 12.0 Å². The van der Waals surface area contributed by atoms with Crippen LogP contribution >= 0.6 is 0 Å². The Balaban J connectivity index is 2.58. The van der Waals surface area contributed by atoms with Gasteiger partial charge in [-0.25, -0.2) is 4.79 Å². The van der Waals surface area contributed by atoms with Gasteiger partial charge in [-0.3, -0.25) is 4.18 Å². The van der Waals surface area contributed by atoms with Gasteiger partial charge in [0.2, 0.25) is 0 Å². The second-order valence-electron chi connectivity index (χ2n) is 5.47. The summed E-state index contributed by atoms with van der Waals surface area (Å²) in [5.74, 6) is -0.378. The third-order valence-electron chi connectivity index (χ3n) is 2.28. The molecule has 1 rings (SSSR count). The number of esters is 1. The average Bonchev–Trinajstić information content (AvgIpc) is 2.25. The monoisotopic (exact) mass is 300 g/mol. The normalized spacial score (nSPS) is 12.2. The van der Waals surface area contributed by atoms with Crippen molar-refractivity contribution >= 4 is 16.1 Å². The summed E-state index contributed by atoms with van der Waals surface area (Å²) in [5, 5.41) is 0. The highest BCUT2D eigenvalue weighted by atomic mass is 32.2. The van der Waals surface area contributed by atoms with Crippen LogP contribution in [0.25, 0.3) is 0 Å². The highest BCUT2D eigenvalue weighted by molar-refractivity contribution is 7.85. The molecule has 0 aliphatic heterocycles. The minimum atomic E-state index is -3.41. The lowest BCUT2D eigenvalue weighted by atomic mass is 10.1. The van der Waals surface area contributed by atoms with E-state index in [0.717, 1.165) is 11.8 Å². The van der Waals surface area contributed by atoms with E-state index in [-0.39, 0.29) is 12.6 Å². The molecule has 0 amide bonds. The van der Waals surface area contributed by atoms with Gasteiger partial charge >= 0.3 is 5.97 Å². The molecule has 0 bridgehead atoms. The van der Waals surface area contributed by atoms with Crippen molar-refractivity contribution < 1.29 is 22.1 Å². The molecule has 0 aliphatic rings. The standard InChI is InChI=1S/C14H20O5S/c1-14(2,3)19-13(15)12-7-5-11(6-8-12)9-10-18-20(4,16)17/h5-8H,9-10H2,1-4H3. The Morgan fingerprint density at radius 2 is 1.70 bits per heavy atom. The zero-order valence-corrected chi connectivity index (χ0v) is 13.0. The quantitative estimate of drug-likeness (QED) is 0.615. The maximum Gasteiger partial charge on any atom is 0.338 e. The van der Waals surface area contributed by atoms with Crippen molar-refractivity contribution in [1.29, 1.82) is 0 Å². The van der Waals surface area contributed by atoms with Crippen molar-refractivity contribution in [2.75, 3.05) is 12.9 Å². The maximum absolute atomic E-state index is 11.8. The Morgan fingerprint density at radius 1 is 1.15 bits per heavy atom. The Hall–Kier alpha value is -1.40. The summed E-state index contributed by atoms with van der Waals surface area (Å²) in [5.41, 5.74) is 0.827. The molecule has 20 heavy (non-hydrogen) atoms. The lowest BCUT2D eigenvalue weighted by Crippen LogP contribution is -2.23. The van der Waals surface area contributed by atoms with Crippen molar-refractivity contribution in [3.8, 4) is 0 Å². The lowest BCUT2D eigenvalue weighted by molar-refractivity contribution is 0.00695. The first-order valence-electron chi connectivity index (χ1n) is 6.23. The molecular formula is C14H20O5S. The van der Waals surface area contributed by atoms with Gasteiger partial charge in [0, 0.05) is 0 Å². The highest BCUT2D eigenvalue weighted by Crippen LogP contribution is 2.13. The molecule has 5 nitrogen and oxygen atoms in total. The lowest BCUT2D eigenvalue weighted by Gasteiger charge is -2.19. The van der Waals surface area contributed by atoms with E-state index in [1.807, 2.05) is 20.8 Å². The maximum atomic E-state index is 11.8. The number of carbonyl (C=O) groups excluding carboxylic acids is 1. The van der Waals surface area contributed by atoms with Crippen LogP contribution in [0, 0.1) is 0 Å². The van der Waals surface area contributed by atoms with Crippen LogP contribution in [0.3, 0.4) is 0 Å². The number of carbonyl (C=O) groups is 1. The molecule has 0 unspecified atom stereocenters. The predicted molar refractivity (Wildman–Crippen MR) is 76.1 cm³/mol. The van der Waals surface area contributed by atoms with E-state index in [2.05, 4.69) is 4.18 Å². The predicted octanol–water partition coefficient (Wildman–Crippen LogP) is 2.16. The second kappa shape index (κ2) is 6.37. The number of ether oxygens (including phenoxy) is 1. The third-order valence-corrected chi connectivity index (χ3v) is 2.87. The Kier molecular flexibility index (Phi) is 5.30. The average molecular weight is 300 g/mol. The topological polar surface area (TPSA) is 69.7 Å². The molecule has 0 aliphatic carbocycles. The molecule has 112 valence electrons. The number of hydrogen-bond donors (Lipinski definition) is 0. The molecule has 0 atom stereocenters. The molecule has 0 aromatic heterocycles. The van der Waals surface area contributed by atoms with Crippen LogP contribution in [0.15, 0.2) is 24.3 Å². The molecule has 6 heteroatoms. The van der Waals surface area contributed by atoms with Crippen LogP contribution in [-0.2, 0) is 25.5 Å². The Labute approximate surface area is 120 Å². The number of hydrogen-bond acceptors (Lipinski definition) is 5. The summed E-state index contributed by atoms with van der Waals surface area (Å²) in [7, 11) is -3.41. The third kappa shape index (κ3) is 6.68. The first-order valence-corrected chi connectivity index (χ1v) is 8.05. The van der Waals surface area contributed by atoms with Gasteiger partial charge in [-0.2, -0.15) is 8.42 Å². The molecule has 0 spiro atoms. The van der Waals surface area contributed by atoms with E-state index in [4.69, 9.17) is 4.74 Å². The van der Waals surface area contributed by atoms with E-state index in [1.54, 1.807) is 24.3 Å². The molecule has 0 N–H and O–H groups in total. The van der Waals surface area contributed by atoms with Crippen molar-refractivity contribution in [3.63, 3.8) is 0 Å². The molecule has 0 radical (unpaired) electrons. The van der Waals surface area contributed by atoms with E-state index in [1.165, 1.54) is 0 Å². The fourth-order valence-corrected chi connectivity index (χ4v) is 1.84. The fourth-order valence-electron chi connectivity index (χ4n) is 1.46. The van der Waals surface area contributed by atoms with Gasteiger partial charge in [-0.15, -0.1) is 0 Å². The highest BCUT2D eigenvalue weighted by Gasteiger charge is 2.17. The summed E-state index contributed by atoms with van der Waals surface area (Å²) in [4.78, 5) is 11.8. The zero-order chi connectivity index (χ0) is 15.4. The van der Waals surface area contributed by atoms with Crippen LogP contribution < -0.4 is 0 Å². The van der Waals surface area contributed by atoms with E-state index in [9.17, 15) is 13.2 Å². The second-order valence-corrected chi connectivity index (χ2v) is 7.12. The van der Waals surface area contributed by atoms with Gasteiger partial charge in [-0.05, 0) is 44.9 Å². The summed E-state index contributed by atoms with van der Waals surface area (Å²) in [6.45, 7) is 5.51. The van der Waals surface area contributed by atoms with Gasteiger partial charge in [0.05, 0.1) is 18.4 Å². The van der Waals surface area contributed by atoms with Crippen LogP contribution in [-0.4, -0.2) is 32.9 Å². The van der Waals surface area contributed by atoms with Crippen molar-refractivity contribution in [2.45, 2.75) is 32.8 Å². The van der Waals surface area contributed by atoms with Crippen molar-refractivity contribution in [3.05, 3.63) is 35.4 Å². The van der Waals surface area contributed by atoms with Crippen LogP contribution in [0.2, 0.25) is 0 Å². The van der Waals surface area contributed by atoms with Gasteiger partial charge < -0.3 is 4.74 Å². The molecule has 0 saturated heterocycles. The van der Waals surface area contributed by atoms with Crippen LogP contribution in [0.5, 0.6) is 0 Å². The van der Waals surface area contributed by atoms with Crippen LogP contribution in [0.4, 0.5) is 0 Å². The Morgan fingerprint density at radius 3 is 2.15 bits per heavy atom. The zero-order valence-electron chi connectivity index (χ0n) is 12.2. The van der Waals surface area contributed by atoms with Crippen molar-refractivity contribution in [2.24, 2.45) is 0 Å². The summed E-state index contributed by atoms with van der Waals surface area (Å²) < 4.78 is 31.5. The minimum absolute atomic E-state index is 0.0879. The minimum Gasteiger partial charge on any atom is -0.456 e. The SMILES string of the molecule is CC(C)(C)OC(=O)c1ccc(CCOS(C)(=O)=O)cc1. The van der Waals surface area contributed by atoms with Crippen LogP contribution in [0.1, 0.15) is 36.7 Å². The van der Waals surface area contributed by atoms with Gasteiger partial charge in [0.25, 0.3) is 10.1 Å². The molecular weight excluding hydrogens is 280 g/mol. The first-order chi connectivity index (χ1) is 9.07. The van der Waals surface area contributed by atoms with Gasteiger partial charge in [-0.1, -0.05) is 12.1 Å². The van der Waals surface area contributed by atoms with E-state index >= 15 is 0 Å². The molecule has 1 aromatic rings. The largest absolute Gasteiger partial charge is 0.456 e. The molecule has 0 saturated carbocycles. The summed E-state index contributed by atoms with van der Waals surface area (Å²) >= 11 is 0. The first kappa shape index (κ1) is 16.7. The summed E-state index contributed by atoms with van der Waals surface area (Å²) in [6, 6.07) is 6.82. The van der Waals surface area contributed by atoms with Gasteiger partial charge in [0.1, 0.15) is 5.60 Å². The number of benzene rings is 1. The van der Waals surface area contributed by atoms with E-state index < -0.39 is 15.7 Å². The number of rotatable bonds is 5. The summed E-state index contributed by atoms with van der Waals surface area (Å²) in [6.07, 6.45) is 1.47. The molecule has 1 aromatic carbocycles. The smallest absolute Gasteiger partial charge is 0.338 e.